The fourth-order valence-electron chi connectivity index (χ4n) is 1.70. The lowest BCUT2D eigenvalue weighted by Gasteiger charge is -2.15. The minimum atomic E-state index is -0.124. The van der Waals surface area contributed by atoms with E-state index in [0.29, 0.717) is 24.1 Å². The SMILES string of the molecule is CN(Cc1cscn1)C(=O)c1cncc(C#CCCO)c1. The van der Waals surface area contributed by atoms with Crippen molar-refractivity contribution in [1.29, 1.82) is 0 Å². The molecule has 1 N–H and O–H groups in total. The van der Waals surface area contributed by atoms with Crippen molar-refractivity contribution in [2.45, 2.75) is 13.0 Å². The molecule has 108 valence electrons. The number of hydrogen-bond acceptors (Lipinski definition) is 5. The summed E-state index contributed by atoms with van der Waals surface area (Å²) in [6.07, 6.45) is 3.53. The van der Waals surface area contributed by atoms with Gasteiger partial charge in [0.2, 0.25) is 0 Å². The molecule has 0 radical (unpaired) electrons. The first-order chi connectivity index (χ1) is 10.2. The van der Waals surface area contributed by atoms with E-state index in [4.69, 9.17) is 5.11 Å². The van der Waals surface area contributed by atoms with Gasteiger partial charge in [-0.25, -0.2) is 4.98 Å². The highest BCUT2D eigenvalue weighted by molar-refractivity contribution is 7.07. The smallest absolute Gasteiger partial charge is 0.255 e. The number of aromatic nitrogens is 2. The van der Waals surface area contributed by atoms with E-state index < -0.39 is 0 Å². The molecule has 2 aromatic heterocycles. The van der Waals surface area contributed by atoms with Crippen molar-refractivity contribution in [3.63, 3.8) is 0 Å². The molecule has 2 heterocycles. The average molecular weight is 301 g/mol. The van der Waals surface area contributed by atoms with Gasteiger partial charge in [-0.1, -0.05) is 11.8 Å². The van der Waals surface area contributed by atoms with Crippen molar-refractivity contribution < 1.29 is 9.90 Å². The van der Waals surface area contributed by atoms with Crippen LogP contribution in [0, 0.1) is 11.8 Å². The number of carbonyl (C=O) groups is 1. The molecule has 0 unspecified atom stereocenters. The molecule has 0 saturated heterocycles. The molecule has 0 aliphatic rings. The molecular weight excluding hydrogens is 286 g/mol. The maximum Gasteiger partial charge on any atom is 0.255 e. The first kappa shape index (κ1) is 15.2. The van der Waals surface area contributed by atoms with E-state index in [1.54, 1.807) is 29.7 Å². The molecule has 5 nitrogen and oxygen atoms in total. The molecule has 0 atom stereocenters. The standard InChI is InChI=1S/C15H15N3O2S/c1-18(9-14-10-21-11-17-14)15(20)13-6-12(7-16-8-13)4-2-3-5-19/h6-8,10-11,19H,3,5,9H2,1H3. The quantitative estimate of drug-likeness (QED) is 0.870. The Morgan fingerprint density at radius 2 is 2.33 bits per heavy atom. The van der Waals surface area contributed by atoms with E-state index in [2.05, 4.69) is 21.8 Å². The van der Waals surface area contributed by atoms with Crippen molar-refractivity contribution >= 4 is 17.2 Å². The average Bonchev–Trinajstić information content (AvgIpc) is 3.00. The van der Waals surface area contributed by atoms with Crippen LogP contribution >= 0.6 is 11.3 Å². The summed E-state index contributed by atoms with van der Waals surface area (Å²) in [6, 6.07) is 1.71. The highest BCUT2D eigenvalue weighted by Gasteiger charge is 2.13. The van der Waals surface area contributed by atoms with Crippen molar-refractivity contribution in [2.75, 3.05) is 13.7 Å². The number of hydrogen-bond donors (Lipinski definition) is 1. The minimum absolute atomic E-state index is 0.0232. The molecule has 0 fully saturated rings. The lowest BCUT2D eigenvalue weighted by Crippen LogP contribution is -2.26. The topological polar surface area (TPSA) is 66.3 Å². The summed E-state index contributed by atoms with van der Waals surface area (Å²) in [6.45, 7) is 0.484. The third-order valence-electron chi connectivity index (χ3n) is 2.68. The summed E-state index contributed by atoms with van der Waals surface area (Å²) in [4.78, 5) is 22.1. The van der Waals surface area contributed by atoms with E-state index in [0.717, 1.165) is 5.69 Å². The molecule has 0 aliphatic heterocycles. The molecule has 0 bridgehead atoms. The van der Waals surface area contributed by atoms with Crippen LogP contribution < -0.4 is 0 Å². The summed E-state index contributed by atoms with van der Waals surface area (Å²) in [5.41, 5.74) is 3.76. The van der Waals surface area contributed by atoms with Gasteiger partial charge in [0, 0.05) is 36.8 Å². The third-order valence-corrected chi connectivity index (χ3v) is 3.32. The predicted octanol–water partition coefficient (Wildman–Crippen LogP) is 1.54. The number of amides is 1. The van der Waals surface area contributed by atoms with Crippen LogP contribution in [0.1, 0.15) is 28.0 Å². The Labute approximate surface area is 127 Å². The number of thiazole rings is 1. The van der Waals surface area contributed by atoms with Gasteiger partial charge < -0.3 is 10.0 Å². The monoisotopic (exact) mass is 301 g/mol. The largest absolute Gasteiger partial charge is 0.395 e. The minimum Gasteiger partial charge on any atom is -0.395 e. The van der Waals surface area contributed by atoms with Crippen molar-refractivity contribution in [1.82, 2.24) is 14.9 Å². The van der Waals surface area contributed by atoms with Gasteiger partial charge in [-0.15, -0.1) is 11.3 Å². The summed E-state index contributed by atoms with van der Waals surface area (Å²) in [7, 11) is 1.73. The number of aliphatic hydroxyl groups excluding tert-OH is 1. The summed E-state index contributed by atoms with van der Waals surface area (Å²) >= 11 is 1.50. The van der Waals surface area contributed by atoms with Gasteiger partial charge in [0.25, 0.3) is 5.91 Å². The number of pyridine rings is 1. The molecule has 2 rings (SSSR count). The lowest BCUT2D eigenvalue weighted by molar-refractivity contribution is 0.0783. The number of nitrogens with zero attached hydrogens (tertiary/aromatic N) is 3. The van der Waals surface area contributed by atoms with E-state index >= 15 is 0 Å². The van der Waals surface area contributed by atoms with Crippen molar-refractivity contribution in [2.24, 2.45) is 0 Å². The first-order valence-electron chi connectivity index (χ1n) is 6.38. The molecule has 0 saturated carbocycles. The summed E-state index contributed by atoms with van der Waals surface area (Å²) in [5, 5.41) is 10.6. The summed E-state index contributed by atoms with van der Waals surface area (Å²) < 4.78 is 0. The Morgan fingerprint density at radius 3 is 3.05 bits per heavy atom. The van der Waals surface area contributed by atoms with E-state index in [9.17, 15) is 4.79 Å². The molecule has 1 amide bonds. The van der Waals surface area contributed by atoms with Gasteiger partial charge in [-0.05, 0) is 6.07 Å². The Bertz CT molecular complexity index is 659. The van der Waals surface area contributed by atoms with Crippen LogP contribution in [-0.4, -0.2) is 39.5 Å². The van der Waals surface area contributed by atoms with Crippen LogP contribution in [-0.2, 0) is 6.54 Å². The van der Waals surface area contributed by atoms with Crippen LogP contribution in [0.4, 0.5) is 0 Å². The fourth-order valence-corrected chi connectivity index (χ4v) is 2.25. The van der Waals surface area contributed by atoms with Gasteiger partial charge in [0.1, 0.15) is 0 Å². The van der Waals surface area contributed by atoms with E-state index in [-0.39, 0.29) is 12.5 Å². The Balaban J connectivity index is 2.08. The zero-order valence-electron chi connectivity index (χ0n) is 11.6. The molecule has 0 aliphatic carbocycles. The number of rotatable bonds is 4. The Morgan fingerprint density at radius 1 is 1.48 bits per heavy atom. The molecule has 2 aromatic rings. The zero-order valence-corrected chi connectivity index (χ0v) is 12.4. The van der Waals surface area contributed by atoms with Gasteiger partial charge in [0.05, 0.1) is 29.9 Å². The maximum atomic E-state index is 12.3. The molecule has 0 spiro atoms. The van der Waals surface area contributed by atoms with Gasteiger partial charge in [-0.2, -0.15) is 0 Å². The maximum absolute atomic E-state index is 12.3. The second-order valence-corrected chi connectivity index (χ2v) is 5.10. The number of carbonyl (C=O) groups excluding carboxylic acids is 1. The predicted molar refractivity (Wildman–Crippen MR) is 80.7 cm³/mol. The highest BCUT2D eigenvalue weighted by Crippen LogP contribution is 2.09. The highest BCUT2D eigenvalue weighted by atomic mass is 32.1. The van der Waals surface area contributed by atoms with E-state index in [1.807, 2.05) is 5.38 Å². The molecule has 6 heteroatoms. The lowest BCUT2D eigenvalue weighted by atomic mass is 10.2. The Kier molecular flexibility index (Phi) is 5.43. The number of aliphatic hydroxyl groups is 1. The second kappa shape index (κ2) is 7.53. The normalized spacial score (nSPS) is 9.81. The van der Waals surface area contributed by atoms with Crippen molar-refractivity contribution in [3.05, 3.63) is 46.2 Å². The summed E-state index contributed by atoms with van der Waals surface area (Å²) in [5.74, 6) is 5.56. The first-order valence-corrected chi connectivity index (χ1v) is 7.32. The Hall–Kier alpha value is -2.23. The van der Waals surface area contributed by atoms with Gasteiger partial charge in [0.15, 0.2) is 0 Å². The third kappa shape index (κ3) is 4.38. The second-order valence-electron chi connectivity index (χ2n) is 4.38. The molecular formula is C15H15N3O2S. The van der Waals surface area contributed by atoms with Crippen LogP contribution in [0.15, 0.2) is 29.4 Å². The van der Waals surface area contributed by atoms with Crippen LogP contribution in [0.25, 0.3) is 0 Å². The van der Waals surface area contributed by atoms with Gasteiger partial charge >= 0.3 is 0 Å². The van der Waals surface area contributed by atoms with E-state index in [1.165, 1.54) is 17.5 Å². The fraction of sp³-hybridized carbons (Fsp3) is 0.267. The van der Waals surface area contributed by atoms with Crippen molar-refractivity contribution in [3.8, 4) is 11.8 Å². The zero-order chi connectivity index (χ0) is 15.1. The van der Waals surface area contributed by atoms with Crippen LogP contribution in [0.3, 0.4) is 0 Å². The van der Waals surface area contributed by atoms with Gasteiger partial charge in [-0.3, -0.25) is 9.78 Å². The van der Waals surface area contributed by atoms with Crippen LogP contribution in [0.5, 0.6) is 0 Å². The molecule has 0 aromatic carbocycles. The molecule has 21 heavy (non-hydrogen) atoms. The van der Waals surface area contributed by atoms with Crippen LogP contribution in [0.2, 0.25) is 0 Å².